The number of nitrogens with zero attached hydrogens (tertiary/aromatic N) is 4. The zero-order chi connectivity index (χ0) is 23.3. The number of sulfone groups is 1. The first-order chi connectivity index (χ1) is 15.9. The third-order valence-corrected chi connectivity index (χ3v) is 8.23. The van der Waals surface area contributed by atoms with E-state index in [2.05, 4.69) is 15.9 Å². The van der Waals surface area contributed by atoms with Crippen LogP contribution in [0.2, 0.25) is 0 Å². The molecule has 174 valence electrons. The first-order valence-electron chi connectivity index (χ1n) is 11.4. The maximum Gasteiger partial charge on any atom is 0.237 e. The number of amides is 1. The van der Waals surface area contributed by atoms with Crippen LogP contribution in [0.15, 0.2) is 54.6 Å². The van der Waals surface area contributed by atoms with Gasteiger partial charge in [-0.2, -0.15) is 5.26 Å². The zero-order valence-corrected chi connectivity index (χ0v) is 19.6. The Labute approximate surface area is 196 Å². The highest BCUT2D eigenvalue weighted by atomic mass is 32.2. The second kappa shape index (κ2) is 10.5. The molecule has 4 rings (SSSR count). The van der Waals surface area contributed by atoms with Crippen LogP contribution < -0.4 is 0 Å². The molecule has 7 nitrogen and oxygen atoms in total. The first kappa shape index (κ1) is 23.4. The highest BCUT2D eigenvalue weighted by Crippen LogP contribution is 2.21. The van der Waals surface area contributed by atoms with Crippen LogP contribution in [-0.2, 0) is 27.7 Å². The van der Waals surface area contributed by atoms with Crippen LogP contribution in [0.4, 0.5) is 0 Å². The number of rotatable bonds is 7. The molecule has 8 heteroatoms. The van der Waals surface area contributed by atoms with Crippen molar-refractivity contribution in [1.29, 1.82) is 5.26 Å². The van der Waals surface area contributed by atoms with Gasteiger partial charge in [-0.25, -0.2) is 8.42 Å². The largest absolute Gasteiger partial charge is 0.333 e. The van der Waals surface area contributed by atoms with Crippen LogP contribution >= 0.6 is 0 Å². The predicted molar refractivity (Wildman–Crippen MR) is 127 cm³/mol. The Hall–Kier alpha value is -2.73. The van der Waals surface area contributed by atoms with Crippen LogP contribution in [0.5, 0.6) is 0 Å². The second-order valence-corrected chi connectivity index (χ2v) is 11.2. The van der Waals surface area contributed by atoms with Gasteiger partial charge in [0.25, 0.3) is 0 Å². The lowest BCUT2D eigenvalue weighted by molar-refractivity contribution is -0.135. The van der Waals surface area contributed by atoms with Gasteiger partial charge in [0.05, 0.1) is 29.7 Å². The van der Waals surface area contributed by atoms with Crippen molar-refractivity contribution < 1.29 is 13.2 Å². The average Bonchev–Trinajstić information content (AvgIpc) is 3.19. The van der Waals surface area contributed by atoms with E-state index in [1.54, 1.807) is 4.90 Å². The lowest BCUT2D eigenvalue weighted by Crippen LogP contribution is -2.51. The van der Waals surface area contributed by atoms with Crippen LogP contribution in [-0.4, -0.2) is 79.3 Å². The molecule has 0 aromatic heterocycles. The molecule has 0 N–H and O–H groups in total. The van der Waals surface area contributed by atoms with Crippen molar-refractivity contribution in [2.75, 3.05) is 44.2 Å². The fourth-order valence-electron chi connectivity index (χ4n) is 4.55. The van der Waals surface area contributed by atoms with Gasteiger partial charge >= 0.3 is 0 Å². The topological polar surface area (TPSA) is 84.7 Å². The van der Waals surface area contributed by atoms with E-state index < -0.39 is 9.84 Å². The molecule has 1 atom stereocenters. The first-order valence-corrected chi connectivity index (χ1v) is 13.2. The molecule has 1 unspecified atom stereocenters. The Morgan fingerprint density at radius 2 is 1.64 bits per heavy atom. The summed E-state index contributed by atoms with van der Waals surface area (Å²) in [5.74, 6) is 0.218. The number of hydrogen-bond acceptors (Lipinski definition) is 6. The van der Waals surface area contributed by atoms with E-state index >= 15 is 0 Å². The normalized spacial score (nSPS) is 20.9. The van der Waals surface area contributed by atoms with E-state index in [4.69, 9.17) is 5.26 Å². The van der Waals surface area contributed by atoms with Crippen molar-refractivity contribution in [3.8, 4) is 6.07 Å². The number of piperazine rings is 1. The second-order valence-electron chi connectivity index (χ2n) is 8.93. The van der Waals surface area contributed by atoms with Gasteiger partial charge in [-0.1, -0.05) is 42.5 Å². The summed E-state index contributed by atoms with van der Waals surface area (Å²) >= 11 is 0. The third kappa shape index (κ3) is 6.41. The number of hydrogen-bond donors (Lipinski definition) is 0. The minimum Gasteiger partial charge on any atom is -0.333 e. The van der Waals surface area contributed by atoms with Gasteiger partial charge in [0, 0.05) is 45.3 Å². The van der Waals surface area contributed by atoms with Crippen molar-refractivity contribution in [2.24, 2.45) is 0 Å². The zero-order valence-electron chi connectivity index (χ0n) is 18.8. The van der Waals surface area contributed by atoms with Crippen molar-refractivity contribution in [3.05, 3.63) is 71.3 Å². The molecule has 2 aromatic carbocycles. The fourth-order valence-corrected chi connectivity index (χ4v) is 6.28. The van der Waals surface area contributed by atoms with Crippen molar-refractivity contribution in [2.45, 2.75) is 25.6 Å². The molecule has 0 bridgehead atoms. The van der Waals surface area contributed by atoms with Gasteiger partial charge in [-0.15, -0.1) is 0 Å². The van der Waals surface area contributed by atoms with Gasteiger partial charge in [0.2, 0.25) is 5.91 Å². The molecule has 0 radical (unpaired) electrons. The molecule has 0 aliphatic carbocycles. The molecular weight excluding hydrogens is 436 g/mol. The summed E-state index contributed by atoms with van der Waals surface area (Å²) in [5.41, 5.74) is 2.86. The summed E-state index contributed by atoms with van der Waals surface area (Å²) < 4.78 is 24.1. The molecule has 2 saturated heterocycles. The van der Waals surface area contributed by atoms with E-state index in [0.29, 0.717) is 25.1 Å². The van der Waals surface area contributed by atoms with Crippen molar-refractivity contribution in [1.82, 2.24) is 14.7 Å². The lowest BCUT2D eigenvalue weighted by atomic mass is 10.1. The molecule has 0 spiro atoms. The monoisotopic (exact) mass is 466 g/mol. The van der Waals surface area contributed by atoms with E-state index in [1.165, 1.54) is 5.56 Å². The van der Waals surface area contributed by atoms with E-state index in [9.17, 15) is 13.2 Å². The summed E-state index contributed by atoms with van der Waals surface area (Å²) in [5, 5.41) is 8.94. The maximum absolute atomic E-state index is 13.3. The summed E-state index contributed by atoms with van der Waals surface area (Å²) in [6, 6.07) is 19.3. The lowest BCUT2D eigenvalue weighted by Gasteiger charge is -2.36. The molecule has 0 saturated carbocycles. The summed E-state index contributed by atoms with van der Waals surface area (Å²) in [6.07, 6.45) is 0.513. The number of carbonyl (C=O) groups is 1. The maximum atomic E-state index is 13.3. The van der Waals surface area contributed by atoms with Gasteiger partial charge in [-0.3, -0.25) is 14.6 Å². The Bertz CT molecular complexity index is 1090. The Morgan fingerprint density at radius 3 is 2.24 bits per heavy atom. The Kier molecular flexibility index (Phi) is 7.43. The SMILES string of the molecule is N#Cc1ccc(CN2CCN(CC(=O)N(Cc3ccccc3)C3CCS(=O)(=O)C3)CC2)cc1. The average molecular weight is 467 g/mol. The van der Waals surface area contributed by atoms with Crippen LogP contribution in [0, 0.1) is 11.3 Å². The highest BCUT2D eigenvalue weighted by Gasteiger charge is 2.35. The van der Waals surface area contributed by atoms with Crippen molar-refractivity contribution >= 4 is 15.7 Å². The molecule has 2 aromatic rings. The van der Waals surface area contributed by atoms with Crippen LogP contribution in [0.25, 0.3) is 0 Å². The molecule has 2 aliphatic heterocycles. The molecule has 2 heterocycles. The molecule has 2 aliphatic rings. The van der Waals surface area contributed by atoms with E-state index in [0.717, 1.165) is 38.3 Å². The van der Waals surface area contributed by atoms with Crippen molar-refractivity contribution in [3.63, 3.8) is 0 Å². The fraction of sp³-hybridized carbons (Fsp3) is 0.440. The molecule has 1 amide bonds. The van der Waals surface area contributed by atoms with Gasteiger partial charge in [0.1, 0.15) is 0 Å². The van der Waals surface area contributed by atoms with Gasteiger partial charge < -0.3 is 4.90 Å². The summed E-state index contributed by atoms with van der Waals surface area (Å²) in [6.45, 7) is 4.90. The van der Waals surface area contributed by atoms with Crippen LogP contribution in [0.1, 0.15) is 23.1 Å². The van der Waals surface area contributed by atoms with E-state index in [1.807, 2.05) is 54.6 Å². The Morgan fingerprint density at radius 1 is 0.970 bits per heavy atom. The number of nitriles is 1. The van der Waals surface area contributed by atoms with Gasteiger partial charge in [0.15, 0.2) is 9.84 Å². The summed E-state index contributed by atoms with van der Waals surface area (Å²) in [4.78, 5) is 19.6. The predicted octanol–water partition coefficient (Wildman–Crippen LogP) is 1.89. The minimum atomic E-state index is -3.07. The minimum absolute atomic E-state index is 0.00138. The number of carbonyl (C=O) groups excluding carboxylic acids is 1. The number of benzene rings is 2. The highest BCUT2D eigenvalue weighted by molar-refractivity contribution is 7.91. The summed E-state index contributed by atoms with van der Waals surface area (Å²) in [7, 11) is -3.07. The standard InChI is InChI=1S/C25H30N4O3S/c26-16-21-6-8-23(9-7-21)17-27-11-13-28(14-12-27)19-25(30)29(18-22-4-2-1-3-5-22)24-10-15-33(31,32)20-24/h1-9,24H,10-15,17-20H2. The Balaban J connectivity index is 1.33. The van der Waals surface area contributed by atoms with Gasteiger partial charge in [-0.05, 0) is 29.7 Å². The molecule has 33 heavy (non-hydrogen) atoms. The molecule has 2 fully saturated rings. The molecular formula is C25H30N4O3S. The smallest absolute Gasteiger partial charge is 0.237 e. The third-order valence-electron chi connectivity index (χ3n) is 6.48. The quantitative estimate of drug-likeness (QED) is 0.620. The van der Waals surface area contributed by atoms with E-state index in [-0.39, 0.29) is 23.5 Å². The van der Waals surface area contributed by atoms with Crippen LogP contribution in [0.3, 0.4) is 0 Å².